The Hall–Kier alpha value is -0.120. The molecule has 1 heterocycles. The van der Waals surface area contributed by atoms with Gasteiger partial charge < -0.3 is 10.4 Å². The lowest BCUT2D eigenvalue weighted by Gasteiger charge is -2.38. The van der Waals surface area contributed by atoms with Crippen molar-refractivity contribution < 1.29 is 5.11 Å². The summed E-state index contributed by atoms with van der Waals surface area (Å²) in [5.74, 6) is 0. The maximum absolute atomic E-state index is 10.7. The Morgan fingerprint density at radius 2 is 1.83 bits per heavy atom. The third kappa shape index (κ3) is 3.25. The van der Waals surface area contributed by atoms with E-state index in [1.54, 1.807) is 0 Å². The number of aliphatic hydroxyl groups is 1. The van der Waals surface area contributed by atoms with E-state index >= 15 is 0 Å². The first-order chi connectivity index (χ1) is 8.75. The molecule has 0 radical (unpaired) electrons. The van der Waals surface area contributed by atoms with Gasteiger partial charge in [0, 0.05) is 25.2 Å². The SMILES string of the molecule is OC1(CN(CC2CCCN2)C2CC2)CCCCC1. The van der Waals surface area contributed by atoms with Crippen LogP contribution in [0.25, 0.3) is 0 Å². The molecule has 0 bridgehead atoms. The molecule has 2 saturated carbocycles. The molecule has 104 valence electrons. The molecule has 2 aliphatic carbocycles. The third-order valence-corrected chi connectivity index (χ3v) is 4.96. The number of nitrogens with one attached hydrogen (secondary N) is 1. The van der Waals surface area contributed by atoms with Crippen molar-refractivity contribution in [3.8, 4) is 0 Å². The van der Waals surface area contributed by atoms with Gasteiger partial charge in [0.2, 0.25) is 0 Å². The van der Waals surface area contributed by atoms with Crippen molar-refractivity contribution in [2.24, 2.45) is 0 Å². The average Bonchev–Trinajstić information content (AvgIpc) is 3.09. The first-order valence-electron chi connectivity index (χ1n) is 7.95. The Morgan fingerprint density at radius 3 is 2.44 bits per heavy atom. The highest BCUT2D eigenvalue weighted by atomic mass is 16.3. The number of nitrogens with zero attached hydrogens (tertiary/aromatic N) is 1. The molecular formula is C15H28N2O. The molecule has 3 nitrogen and oxygen atoms in total. The molecule has 1 unspecified atom stereocenters. The quantitative estimate of drug-likeness (QED) is 0.784. The van der Waals surface area contributed by atoms with Crippen LogP contribution in [0.5, 0.6) is 0 Å². The minimum atomic E-state index is -0.376. The van der Waals surface area contributed by atoms with E-state index in [2.05, 4.69) is 10.2 Å². The maximum Gasteiger partial charge on any atom is 0.0774 e. The van der Waals surface area contributed by atoms with Crippen LogP contribution in [0.3, 0.4) is 0 Å². The molecule has 2 N–H and O–H groups in total. The second-order valence-corrected chi connectivity index (χ2v) is 6.74. The molecule has 0 aromatic heterocycles. The Morgan fingerprint density at radius 1 is 1.06 bits per heavy atom. The van der Waals surface area contributed by atoms with E-state index in [0.717, 1.165) is 32.0 Å². The van der Waals surface area contributed by atoms with Crippen molar-refractivity contribution in [3.05, 3.63) is 0 Å². The van der Waals surface area contributed by atoms with Crippen LogP contribution in [-0.2, 0) is 0 Å². The van der Waals surface area contributed by atoms with Gasteiger partial charge in [0.25, 0.3) is 0 Å². The summed E-state index contributed by atoms with van der Waals surface area (Å²) in [6.07, 6.45) is 11.1. The van der Waals surface area contributed by atoms with E-state index in [-0.39, 0.29) is 5.60 Å². The highest BCUT2D eigenvalue weighted by Gasteiger charge is 2.38. The molecular weight excluding hydrogens is 224 g/mol. The van der Waals surface area contributed by atoms with Crippen LogP contribution in [-0.4, -0.2) is 47.3 Å². The highest BCUT2D eigenvalue weighted by Crippen LogP contribution is 2.34. The summed E-state index contributed by atoms with van der Waals surface area (Å²) < 4.78 is 0. The molecule has 18 heavy (non-hydrogen) atoms. The van der Waals surface area contributed by atoms with E-state index in [9.17, 15) is 5.11 Å². The molecule has 3 aliphatic rings. The van der Waals surface area contributed by atoms with Gasteiger partial charge in [0.15, 0.2) is 0 Å². The van der Waals surface area contributed by atoms with E-state index < -0.39 is 0 Å². The van der Waals surface area contributed by atoms with Crippen LogP contribution < -0.4 is 5.32 Å². The van der Waals surface area contributed by atoms with Gasteiger partial charge in [-0.1, -0.05) is 19.3 Å². The van der Waals surface area contributed by atoms with Gasteiger partial charge in [0.1, 0.15) is 0 Å². The summed E-state index contributed by atoms with van der Waals surface area (Å²) in [6.45, 7) is 3.27. The highest BCUT2D eigenvalue weighted by molar-refractivity contribution is 4.94. The first-order valence-corrected chi connectivity index (χ1v) is 7.95. The van der Waals surface area contributed by atoms with Crippen LogP contribution >= 0.6 is 0 Å². The van der Waals surface area contributed by atoms with Gasteiger partial charge in [-0.2, -0.15) is 0 Å². The summed E-state index contributed by atoms with van der Waals surface area (Å²) in [6, 6.07) is 1.45. The molecule has 3 heteroatoms. The van der Waals surface area contributed by atoms with E-state index in [0.29, 0.717) is 6.04 Å². The average molecular weight is 252 g/mol. The third-order valence-electron chi connectivity index (χ3n) is 4.96. The van der Waals surface area contributed by atoms with Gasteiger partial charge in [-0.3, -0.25) is 4.90 Å². The van der Waals surface area contributed by atoms with Crippen molar-refractivity contribution in [1.82, 2.24) is 10.2 Å². The lowest BCUT2D eigenvalue weighted by Crippen LogP contribution is -2.48. The summed E-state index contributed by atoms with van der Waals surface area (Å²) in [4.78, 5) is 2.59. The summed E-state index contributed by atoms with van der Waals surface area (Å²) in [5, 5.41) is 14.3. The first kappa shape index (κ1) is 12.9. The van der Waals surface area contributed by atoms with Crippen molar-refractivity contribution >= 4 is 0 Å². The fourth-order valence-corrected chi connectivity index (χ4v) is 3.72. The predicted molar refractivity (Wildman–Crippen MR) is 73.7 cm³/mol. The van der Waals surface area contributed by atoms with E-state index in [4.69, 9.17) is 0 Å². The van der Waals surface area contributed by atoms with Crippen molar-refractivity contribution in [2.75, 3.05) is 19.6 Å². The van der Waals surface area contributed by atoms with Gasteiger partial charge >= 0.3 is 0 Å². The predicted octanol–water partition coefficient (Wildman–Crippen LogP) is 1.90. The van der Waals surface area contributed by atoms with Gasteiger partial charge in [-0.05, 0) is 45.1 Å². The monoisotopic (exact) mass is 252 g/mol. The van der Waals surface area contributed by atoms with Crippen LogP contribution in [0.2, 0.25) is 0 Å². The molecule has 1 saturated heterocycles. The van der Waals surface area contributed by atoms with Crippen molar-refractivity contribution in [1.29, 1.82) is 0 Å². The molecule has 3 rings (SSSR count). The molecule has 0 aromatic carbocycles. The summed E-state index contributed by atoms with van der Waals surface area (Å²) in [7, 11) is 0. The minimum absolute atomic E-state index is 0.376. The van der Waals surface area contributed by atoms with E-state index in [1.165, 1.54) is 51.5 Å². The number of rotatable bonds is 5. The molecule has 3 fully saturated rings. The van der Waals surface area contributed by atoms with Crippen LogP contribution in [0.1, 0.15) is 57.8 Å². The standard InChI is InChI=1S/C15H28N2O/c18-15(8-2-1-3-9-15)12-17(14-6-7-14)11-13-5-4-10-16-13/h13-14,16,18H,1-12H2. The molecule has 0 spiro atoms. The lowest BCUT2D eigenvalue weighted by atomic mass is 9.84. The number of hydrogen-bond donors (Lipinski definition) is 2. The van der Waals surface area contributed by atoms with E-state index in [1.807, 2.05) is 0 Å². The number of hydrogen-bond acceptors (Lipinski definition) is 3. The summed E-state index contributed by atoms with van der Waals surface area (Å²) >= 11 is 0. The fraction of sp³-hybridized carbons (Fsp3) is 1.00. The zero-order valence-electron chi connectivity index (χ0n) is 11.5. The smallest absolute Gasteiger partial charge is 0.0774 e. The lowest BCUT2D eigenvalue weighted by molar-refractivity contribution is -0.0296. The zero-order chi connectivity index (χ0) is 12.4. The minimum Gasteiger partial charge on any atom is -0.389 e. The largest absolute Gasteiger partial charge is 0.389 e. The van der Waals surface area contributed by atoms with Gasteiger partial charge in [-0.25, -0.2) is 0 Å². The Balaban J connectivity index is 1.55. The van der Waals surface area contributed by atoms with Crippen molar-refractivity contribution in [3.63, 3.8) is 0 Å². The van der Waals surface area contributed by atoms with Crippen molar-refractivity contribution in [2.45, 2.75) is 75.5 Å². The summed E-state index contributed by atoms with van der Waals surface area (Å²) in [5.41, 5.74) is -0.376. The fourth-order valence-electron chi connectivity index (χ4n) is 3.72. The second kappa shape index (κ2) is 5.48. The van der Waals surface area contributed by atoms with Gasteiger partial charge in [-0.15, -0.1) is 0 Å². The zero-order valence-corrected chi connectivity index (χ0v) is 11.5. The molecule has 1 aliphatic heterocycles. The Kier molecular flexibility index (Phi) is 3.92. The molecule has 0 aromatic rings. The Labute approximate surface area is 111 Å². The second-order valence-electron chi connectivity index (χ2n) is 6.74. The van der Waals surface area contributed by atoms with Gasteiger partial charge in [0.05, 0.1) is 5.60 Å². The van der Waals surface area contributed by atoms with Crippen LogP contribution in [0.15, 0.2) is 0 Å². The Bertz CT molecular complexity index is 266. The molecule has 1 atom stereocenters. The topological polar surface area (TPSA) is 35.5 Å². The van der Waals surface area contributed by atoms with Crippen LogP contribution in [0, 0.1) is 0 Å². The molecule has 0 amide bonds. The maximum atomic E-state index is 10.7. The normalized spacial score (nSPS) is 32.0. The van der Waals surface area contributed by atoms with Crippen LogP contribution in [0.4, 0.5) is 0 Å².